The van der Waals surface area contributed by atoms with Crippen LogP contribution in [0.1, 0.15) is 40.0 Å². The first-order chi connectivity index (χ1) is 8.19. The van der Waals surface area contributed by atoms with E-state index in [4.69, 9.17) is 4.74 Å². The van der Waals surface area contributed by atoms with Crippen LogP contribution in [-0.4, -0.2) is 49.3 Å². The van der Waals surface area contributed by atoms with Crippen LogP contribution >= 0.6 is 0 Å². The molecular formula is C14H28N2O. The summed E-state index contributed by atoms with van der Waals surface area (Å²) in [5.41, 5.74) is 0. The molecule has 3 nitrogen and oxygen atoms in total. The average molecular weight is 240 g/mol. The van der Waals surface area contributed by atoms with E-state index in [9.17, 15) is 0 Å². The monoisotopic (exact) mass is 240 g/mol. The second-order valence-electron chi connectivity index (χ2n) is 5.87. The Bertz CT molecular complexity index is 220. The Morgan fingerprint density at radius 2 is 1.88 bits per heavy atom. The lowest BCUT2D eigenvalue weighted by atomic mass is 10.1. The summed E-state index contributed by atoms with van der Waals surface area (Å²) in [5.74, 6) is 0.940. The number of morpholine rings is 1. The van der Waals surface area contributed by atoms with Crippen molar-refractivity contribution >= 4 is 0 Å². The van der Waals surface area contributed by atoms with Gasteiger partial charge in [0.2, 0.25) is 0 Å². The van der Waals surface area contributed by atoms with Gasteiger partial charge in [0.15, 0.2) is 0 Å². The fraction of sp³-hybridized carbons (Fsp3) is 1.00. The Labute approximate surface area is 106 Å². The Kier molecular flexibility index (Phi) is 4.83. The zero-order chi connectivity index (χ0) is 12.3. The summed E-state index contributed by atoms with van der Waals surface area (Å²) in [6, 6.07) is 0.715. The number of nitrogens with one attached hydrogen (secondary N) is 1. The lowest BCUT2D eigenvalue weighted by Crippen LogP contribution is -2.51. The third-order valence-electron chi connectivity index (χ3n) is 3.80. The molecule has 1 aliphatic heterocycles. The highest BCUT2D eigenvalue weighted by atomic mass is 16.5. The molecule has 1 heterocycles. The van der Waals surface area contributed by atoms with Crippen LogP contribution in [0.25, 0.3) is 0 Å². The van der Waals surface area contributed by atoms with Crippen molar-refractivity contribution < 1.29 is 4.74 Å². The molecule has 1 N–H and O–H groups in total. The molecule has 2 fully saturated rings. The van der Waals surface area contributed by atoms with Gasteiger partial charge >= 0.3 is 0 Å². The number of ether oxygens (including phenoxy) is 1. The van der Waals surface area contributed by atoms with Crippen molar-refractivity contribution in [2.45, 2.75) is 58.3 Å². The first kappa shape index (κ1) is 13.3. The van der Waals surface area contributed by atoms with E-state index in [-0.39, 0.29) is 0 Å². The number of rotatable bonds is 6. The standard InChI is InChI=1S/C14H28N2O/c1-4-7-15-14(13-5-6-13)10-16-8-11(2)17-12(3)9-16/h11-15H,4-10H2,1-3H3. The van der Waals surface area contributed by atoms with E-state index in [1.807, 2.05) is 0 Å². The van der Waals surface area contributed by atoms with E-state index in [1.165, 1.54) is 25.8 Å². The zero-order valence-corrected chi connectivity index (χ0v) is 11.6. The molecule has 1 saturated carbocycles. The molecule has 0 amide bonds. The van der Waals surface area contributed by atoms with Gasteiger partial charge in [0.25, 0.3) is 0 Å². The maximum atomic E-state index is 5.79. The average Bonchev–Trinajstić information content (AvgIpc) is 3.06. The van der Waals surface area contributed by atoms with Gasteiger partial charge in [0.1, 0.15) is 0 Å². The molecule has 0 aromatic rings. The van der Waals surface area contributed by atoms with Crippen LogP contribution in [0.3, 0.4) is 0 Å². The van der Waals surface area contributed by atoms with Crippen molar-refractivity contribution in [3.63, 3.8) is 0 Å². The predicted molar refractivity (Wildman–Crippen MR) is 71.3 cm³/mol. The Morgan fingerprint density at radius 3 is 2.41 bits per heavy atom. The number of hydrogen-bond donors (Lipinski definition) is 1. The van der Waals surface area contributed by atoms with Crippen molar-refractivity contribution in [3.05, 3.63) is 0 Å². The van der Waals surface area contributed by atoms with E-state index in [2.05, 4.69) is 31.0 Å². The minimum Gasteiger partial charge on any atom is -0.373 e. The second kappa shape index (κ2) is 6.17. The lowest BCUT2D eigenvalue weighted by Gasteiger charge is -2.37. The first-order valence-corrected chi connectivity index (χ1v) is 7.30. The molecule has 0 bridgehead atoms. The molecular weight excluding hydrogens is 212 g/mol. The molecule has 0 radical (unpaired) electrons. The molecule has 1 saturated heterocycles. The molecule has 1 aliphatic carbocycles. The van der Waals surface area contributed by atoms with Crippen molar-refractivity contribution in [2.24, 2.45) is 5.92 Å². The highest BCUT2D eigenvalue weighted by Gasteiger charge is 2.33. The fourth-order valence-corrected chi connectivity index (χ4v) is 2.92. The molecule has 0 aromatic carbocycles. The van der Waals surface area contributed by atoms with Gasteiger partial charge in [-0.25, -0.2) is 0 Å². The van der Waals surface area contributed by atoms with Gasteiger partial charge in [-0.2, -0.15) is 0 Å². The van der Waals surface area contributed by atoms with Gasteiger partial charge in [0.05, 0.1) is 12.2 Å². The van der Waals surface area contributed by atoms with Crippen LogP contribution in [-0.2, 0) is 4.74 Å². The topological polar surface area (TPSA) is 24.5 Å². The highest BCUT2D eigenvalue weighted by Crippen LogP contribution is 2.33. The summed E-state index contributed by atoms with van der Waals surface area (Å²) in [6.45, 7) is 11.2. The minimum absolute atomic E-state index is 0.393. The highest BCUT2D eigenvalue weighted by molar-refractivity contribution is 4.89. The molecule has 100 valence electrons. The van der Waals surface area contributed by atoms with Crippen LogP contribution in [0.15, 0.2) is 0 Å². The van der Waals surface area contributed by atoms with E-state index in [1.54, 1.807) is 0 Å². The second-order valence-corrected chi connectivity index (χ2v) is 5.87. The van der Waals surface area contributed by atoms with E-state index in [0.29, 0.717) is 18.2 Å². The Hall–Kier alpha value is -0.120. The fourth-order valence-electron chi connectivity index (χ4n) is 2.92. The van der Waals surface area contributed by atoms with Crippen molar-refractivity contribution in [2.75, 3.05) is 26.2 Å². The maximum Gasteiger partial charge on any atom is 0.0678 e. The zero-order valence-electron chi connectivity index (χ0n) is 11.6. The first-order valence-electron chi connectivity index (χ1n) is 7.30. The molecule has 0 spiro atoms. The quantitative estimate of drug-likeness (QED) is 0.767. The summed E-state index contributed by atoms with van der Waals surface area (Å²) >= 11 is 0. The Morgan fingerprint density at radius 1 is 1.24 bits per heavy atom. The third-order valence-corrected chi connectivity index (χ3v) is 3.80. The van der Waals surface area contributed by atoms with Gasteiger partial charge in [-0.3, -0.25) is 4.90 Å². The molecule has 0 aromatic heterocycles. The summed E-state index contributed by atoms with van der Waals surface area (Å²) in [5, 5.41) is 3.73. The van der Waals surface area contributed by atoms with Gasteiger partial charge in [-0.15, -0.1) is 0 Å². The van der Waals surface area contributed by atoms with Crippen LogP contribution in [0.2, 0.25) is 0 Å². The van der Waals surface area contributed by atoms with Crippen molar-refractivity contribution in [3.8, 4) is 0 Å². The summed E-state index contributed by atoms with van der Waals surface area (Å²) in [7, 11) is 0. The van der Waals surface area contributed by atoms with Gasteiger partial charge < -0.3 is 10.1 Å². The molecule has 3 heteroatoms. The third kappa shape index (κ3) is 4.23. The summed E-state index contributed by atoms with van der Waals surface area (Å²) in [6.07, 6.45) is 4.88. The number of nitrogens with zero attached hydrogens (tertiary/aromatic N) is 1. The Balaban J connectivity index is 1.79. The molecule has 3 unspecified atom stereocenters. The molecule has 2 rings (SSSR count). The summed E-state index contributed by atoms with van der Waals surface area (Å²) < 4.78 is 5.79. The maximum absolute atomic E-state index is 5.79. The lowest BCUT2D eigenvalue weighted by molar-refractivity contribution is -0.0703. The van der Waals surface area contributed by atoms with Crippen LogP contribution in [0.5, 0.6) is 0 Å². The van der Waals surface area contributed by atoms with Crippen LogP contribution in [0.4, 0.5) is 0 Å². The SMILES string of the molecule is CCCNC(CN1CC(C)OC(C)C1)C1CC1. The smallest absolute Gasteiger partial charge is 0.0678 e. The minimum atomic E-state index is 0.393. The van der Waals surface area contributed by atoms with E-state index >= 15 is 0 Å². The van der Waals surface area contributed by atoms with Crippen molar-refractivity contribution in [1.29, 1.82) is 0 Å². The summed E-state index contributed by atoms with van der Waals surface area (Å²) in [4.78, 5) is 2.59. The predicted octanol–water partition coefficient (Wildman–Crippen LogP) is 1.87. The van der Waals surface area contributed by atoms with Crippen LogP contribution < -0.4 is 5.32 Å². The van der Waals surface area contributed by atoms with Crippen LogP contribution in [0, 0.1) is 5.92 Å². The van der Waals surface area contributed by atoms with E-state index in [0.717, 1.165) is 25.6 Å². The largest absolute Gasteiger partial charge is 0.373 e. The number of hydrogen-bond acceptors (Lipinski definition) is 3. The van der Waals surface area contributed by atoms with Gasteiger partial charge in [-0.05, 0) is 45.6 Å². The molecule has 17 heavy (non-hydrogen) atoms. The van der Waals surface area contributed by atoms with Gasteiger partial charge in [-0.1, -0.05) is 6.92 Å². The normalized spacial score (nSPS) is 32.6. The molecule has 3 atom stereocenters. The van der Waals surface area contributed by atoms with E-state index < -0.39 is 0 Å². The van der Waals surface area contributed by atoms with Crippen molar-refractivity contribution in [1.82, 2.24) is 10.2 Å². The molecule has 2 aliphatic rings. The van der Waals surface area contributed by atoms with Gasteiger partial charge in [0, 0.05) is 25.7 Å².